The monoisotopic (exact) mass is 389 g/mol. The van der Waals surface area contributed by atoms with Gasteiger partial charge in [0.25, 0.3) is 5.56 Å². The average Bonchev–Trinajstić information content (AvgIpc) is 2.92. The van der Waals surface area contributed by atoms with Crippen LogP contribution >= 0.6 is 23.2 Å². The molecule has 0 radical (unpaired) electrons. The molecular formula is C17H10Cl2FN5O. The Morgan fingerprint density at radius 2 is 1.81 bits per heavy atom. The van der Waals surface area contributed by atoms with E-state index in [1.54, 1.807) is 35.0 Å². The Morgan fingerprint density at radius 3 is 2.50 bits per heavy atom. The third-order valence-corrected chi connectivity index (χ3v) is 4.26. The van der Waals surface area contributed by atoms with E-state index in [1.807, 2.05) is 0 Å². The number of rotatable bonds is 3. The Morgan fingerprint density at radius 1 is 1.04 bits per heavy atom. The Balaban J connectivity index is 1.80. The van der Waals surface area contributed by atoms with Gasteiger partial charge in [0.05, 0.1) is 22.3 Å². The van der Waals surface area contributed by atoms with Crippen molar-refractivity contribution in [2.45, 2.75) is 0 Å². The number of pyridine rings is 1. The normalized spacial score (nSPS) is 11.0. The molecule has 130 valence electrons. The highest BCUT2D eigenvalue weighted by atomic mass is 35.5. The number of anilines is 2. The van der Waals surface area contributed by atoms with Crippen LogP contribution in [-0.2, 0) is 0 Å². The lowest BCUT2D eigenvalue weighted by Crippen LogP contribution is -2.17. The van der Waals surface area contributed by atoms with Gasteiger partial charge < -0.3 is 5.32 Å². The van der Waals surface area contributed by atoms with Gasteiger partial charge in [-0.15, -0.1) is 0 Å². The number of benzene rings is 1. The van der Waals surface area contributed by atoms with Gasteiger partial charge in [0.1, 0.15) is 23.1 Å². The zero-order valence-corrected chi connectivity index (χ0v) is 14.5. The fourth-order valence-corrected chi connectivity index (χ4v) is 3.09. The molecule has 6 nitrogen and oxygen atoms in total. The van der Waals surface area contributed by atoms with Crippen LogP contribution in [0, 0.1) is 5.82 Å². The van der Waals surface area contributed by atoms with Crippen molar-refractivity contribution in [3.8, 4) is 5.69 Å². The van der Waals surface area contributed by atoms with Crippen LogP contribution in [0.1, 0.15) is 0 Å². The summed E-state index contributed by atoms with van der Waals surface area (Å²) in [6, 6.07) is 10.8. The van der Waals surface area contributed by atoms with Crippen LogP contribution in [-0.4, -0.2) is 19.2 Å². The SMILES string of the molecule is O=c1cc2nc(Nc3ccc(F)cn3)ccn2n1-c1c(Cl)cccc1Cl. The first kappa shape index (κ1) is 16.6. The molecule has 1 aromatic carbocycles. The minimum absolute atomic E-state index is 0.329. The van der Waals surface area contributed by atoms with Gasteiger partial charge in [-0.2, -0.15) is 0 Å². The summed E-state index contributed by atoms with van der Waals surface area (Å²) in [5, 5.41) is 3.64. The minimum Gasteiger partial charge on any atom is -0.325 e. The van der Waals surface area contributed by atoms with Crippen molar-refractivity contribution in [3.63, 3.8) is 0 Å². The van der Waals surface area contributed by atoms with Crippen LogP contribution in [0.15, 0.2) is 59.7 Å². The summed E-state index contributed by atoms with van der Waals surface area (Å²) in [6.45, 7) is 0. The van der Waals surface area contributed by atoms with Crippen molar-refractivity contribution in [2.75, 3.05) is 5.32 Å². The smallest absolute Gasteiger partial charge is 0.274 e. The first-order valence-corrected chi connectivity index (χ1v) is 8.23. The summed E-state index contributed by atoms with van der Waals surface area (Å²) < 4.78 is 15.8. The second-order valence-electron chi connectivity index (χ2n) is 5.37. The van der Waals surface area contributed by atoms with E-state index in [1.165, 1.54) is 22.9 Å². The van der Waals surface area contributed by atoms with Crippen molar-refractivity contribution < 1.29 is 4.39 Å². The van der Waals surface area contributed by atoms with E-state index < -0.39 is 5.82 Å². The summed E-state index contributed by atoms with van der Waals surface area (Å²) >= 11 is 12.4. The second kappa shape index (κ2) is 6.44. The molecule has 0 spiro atoms. The minimum atomic E-state index is -0.431. The van der Waals surface area contributed by atoms with E-state index in [4.69, 9.17) is 23.2 Å². The number of halogens is 3. The fraction of sp³-hybridized carbons (Fsp3) is 0. The lowest BCUT2D eigenvalue weighted by molar-refractivity contribution is 0.622. The summed E-state index contributed by atoms with van der Waals surface area (Å²) in [7, 11) is 0. The molecular weight excluding hydrogens is 380 g/mol. The fourth-order valence-electron chi connectivity index (χ4n) is 2.53. The molecule has 0 aliphatic rings. The predicted molar refractivity (Wildman–Crippen MR) is 98.3 cm³/mol. The van der Waals surface area contributed by atoms with E-state index in [9.17, 15) is 9.18 Å². The van der Waals surface area contributed by atoms with E-state index in [0.29, 0.717) is 33.0 Å². The maximum absolute atomic E-state index is 12.9. The number of nitrogens with zero attached hydrogens (tertiary/aromatic N) is 4. The number of fused-ring (bicyclic) bond motifs is 1. The van der Waals surface area contributed by atoms with E-state index in [2.05, 4.69) is 15.3 Å². The molecule has 0 unspecified atom stereocenters. The van der Waals surface area contributed by atoms with Crippen molar-refractivity contribution in [2.24, 2.45) is 0 Å². The lowest BCUT2D eigenvalue weighted by atomic mass is 10.3. The number of para-hydroxylation sites is 1. The van der Waals surface area contributed by atoms with Crippen LogP contribution in [0.5, 0.6) is 0 Å². The summed E-state index contributed by atoms with van der Waals surface area (Å²) in [5.41, 5.74) is 0.436. The Hall–Kier alpha value is -2.90. The Labute approximate surface area is 156 Å². The van der Waals surface area contributed by atoms with Gasteiger partial charge in [0, 0.05) is 6.20 Å². The van der Waals surface area contributed by atoms with Gasteiger partial charge in [-0.1, -0.05) is 29.3 Å². The highest BCUT2D eigenvalue weighted by Crippen LogP contribution is 2.27. The summed E-state index contributed by atoms with van der Waals surface area (Å²) in [6.07, 6.45) is 2.75. The first-order valence-electron chi connectivity index (χ1n) is 7.47. The van der Waals surface area contributed by atoms with E-state index in [-0.39, 0.29) is 5.56 Å². The Kier molecular flexibility index (Phi) is 4.10. The molecule has 0 saturated carbocycles. The zero-order chi connectivity index (χ0) is 18.3. The third-order valence-electron chi connectivity index (χ3n) is 3.65. The molecule has 0 aliphatic carbocycles. The van der Waals surface area contributed by atoms with Crippen molar-refractivity contribution in [1.29, 1.82) is 0 Å². The molecule has 3 aromatic heterocycles. The molecule has 4 aromatic rings. The summed E-state index contributed by atoms with van der Waals surface area (Å²) in [4.78, 5) is 20.7. The average molecular weight is 390 g/mol. The molecule has 3 heterocycles. The highest BCUT2D eigenvalue weighted by molar-refractivity contribution is 6.37. The van der Waals surface area contributed by atoms with E-state index >= 15 is 0 Å². The van der Waals surface area contributed by atoms with Crippen LogP contribution in [0.25, 0.3) is 11.3 Å². The van der Waals surface area contributed by atoms with Gasteiger partial charge >= 0.3 is 0 Å². The largest absolute Gasteiger partial charge is 0.325 e. The standard InChI is InChI=1S/C17H10Cl2FN5O/c18-11-2-1-3-12(19)17(11)25-16(26)8-15-23-14(6-7-24(15)25)22-13-5-4-10(20)9-21-13/h1-9H,(H,21,22,23). The maximum atomic E-state index is 12.9. The molecule has 9 heteroatoms. The quantitative estimate of drug-likeness (QED) is 0.573. The van der Waals surface area contributed by atoms with Crippen LogP contribution in [0.3, 0.4) is 0 Å². The van der Waals surface area contributed by atoms with Crippen LogP contribution in [0.4, 0.5) is 16.0 Å². The molecule has 0 fully saturated rings. The topological polar surface area (TPSA) is 64.2 Å². The molecule has 1 N–H and O–H groups in total. The molecule has 0 saturated heterocycles. The maximum Gasteiger partial charge on any atom is 0.274 e. The number of nitrogens with one attached hydrogen (secondary N) is 1. The molecule has 4 rings (SSSR count). The number of aromatic nitrogens is 4. The number of hydrogen-bond acceptors (Lipinski definition) is 4. The van der Waals surface area contributed by atoms with Crippen LogP contribution < -0.4 is 10.9 Å². The van der Waals surface area contributed by atoms with E-state index in [0.717, 1.165) is 6.20 Å². The zero-order valence-electron chi connectivity index (χ0n) is 13.0. The van der Waals surface area contributed by atoms with Gasteiger partial charge in [0.2, 0.25) is 0 Å². The molecule has 0 atom stereocenters. The van der Waals surface area contributed by atoms with Gasteiger partial charge in [-0.3, -0.25) is 4.79 Å². The van der Waals surface area contributed by atoms with Gasteiger partial charge in [0.15, 0.2) is 5.65 Å². The first-order chi connectivity index (χ1) is 12.5. The van der Waals surface area contributed by atoms with Gasteiger partial charge in [-0.05, 0) is 30.3 Å². The van der Waals surface area contributed by atoms with Crippen molar-refractivity contribution in [1.82, 2.24) is 19.2 Å². The second-order valence-corrected chi connectivity index (χ2v) is 6.18. The van der Waals surface area contributed by atoms with Crippen molar-refractivity contribution in [3.05, 3.63) is 81.1 Å². The van der Waals surface area contributed by atoms with Gasteiger partial charge in [-0.25, -0.2) is 23.6 Å². The molecule has 0 bridgehead atoms. The number of hydrogen-bond donors (Lipinski definition) is 1. The third kappa shape index (κ3) is 2.91. The molecule has 0 amide bonds. The van der Waals surface area contributed by atoms with Crippen molar-refractivity contribution >= 4 is 40.5 Å². The highest BCUT2D eigenvalue weighted by Gasteiger charge is 2.15. The van der Waals surface area contributed by atoms with Crippen LogP contribution in [0.2, 0.25) is 10.0 Å². The predicted octanol–water partition coefficient (Wildman–Crippen LogP) is 4.07. The Bertz CT molecular complexity index is 1150. The molecule has 26 heavy (non-hydrogen) atoms. The summed E-state index contributed by atoms with van der Waals surface area (Å²) in [5.74, 6) is 0.449. The lowest BCUT2D eigenvalue weighted by Gasteiger charge is -2.11. The molecule has 0 aliphatic heterocycles.